The van der Waals surface area contributed by atoms with E-state index in [1.54, 1.807) is 0 Å². The van der Waals surface area contributed by atoms with E-state index in [-0.39, 0.29) is 13.4 Å². The molecule has 17 rings (SSSR count). The summed E-state index contributed by atoms with van der Waals surface area (Å²) in [6, 6.07) is 83.5. The van der Waals surface area contributed by atoms with Crippen LogP contribution in [0, 0.1) is 20.8 Å². The van der Waals surface area contributed by atoms with Crippen molar-refractivity contribution in [3.63, 3.8) is 0 Å². The quantitative estimate of drug-likeness (QED) is 0.161. The average molecular weight is 969 g/mol. The minimum atomic E-state index is -0.103. The molecule has 0 N–H and O–H groups in total. The van der Waals surface area contributed by atoms with E-state index < -0.39 is 0 Å². The van der Waals surface area contributed by atoms with Crippen molar-refractivity contribution >= 4 is 124 Å². The predicted octanol–water partition coefficient (Wildman–Crippen LogP) is 13.5. The van der Waals surface area contributed by atoms with Gasteiger partial charge in [-0.05, 0) is 149 Å². The van der Waals surface area contributed by atoms with Gasteiger partial charge in [-0.3, -0.25) is 0 Å². The molecule has 13 aromatic rings. The minimum absolute atomic E-state index is 0.0886. The predicted molar refractivity (Wildman–Crippen MR) is 320 cm³/mol. The molecular weight excluding hydrogens is 922 g/mol. The van der Waals surface area contributed by atoms with Crippen LogP contribution in [-0.4, -0.2) is 22.6 Å². The number of benzene rings is 11. The summed E-state index contributed by atoms with van der Waals surface area (Å²) in [6.45, 7) is 6.60. The van der Waals surface area contributed by atoms with Crippen LogP contribution in [-0.2, 0) is 0 Å². The molecule has 11 aromatic carbocycles. The molecule has 0 saturated carbocycles. The van der Waals surface area contributed by atoms with Crippen LogP contribution in [0.4, 0.5) is 34.1 Å². The standard InChI is InChI=1S/C69H46B2N4O/c1-41-32-34-51-57(36-41)75-56-31-19-17-29-49(56)63-59(72(45-22-10-5-11-23-45)46-24-12-6-13-25-46)40-60-64(68(63)75)70(51)53-39-54-69(43(3)66(53)73(60)47-26-14-7-15-27-47)76-61-38-50(44-20-8-4-9-21-44)62-48-28-16-18-30-55(48)74-58-37-42(2)33-35-52(58)71(54)65(61)67(62)74/h4-40H,1-3H3. The highest BCUT2D eigenvalue weighted by molar-refractivity contribution is 7.03. The third kappa shape index (κ3) is 5.46. The van der Waals surface area contributed by atoms with Crippen molar-refractivity contribution in [3.8, 4) is 34.0 Å². The monoisotopic (exact) mass is 968 g/mol. The van der Waals surface area contributed by atoms with Gasteiger partial charge in [0.15, 0.2) is 0 Å². The fraction of sp³-hybridized carbons (Fsp3) is 0.0435. The molecule has 0 bridgehead atoms. The summed E-state index contributed by atoms with van der Waals surface area (Å²) in [5, 5.41) is 4.99. The van der Waals surface area contributed by atoms with Crippen LogP contribution in [0.2, 0.25) is 0 Å². The Labute approximate surface area is 441 Å². The molecule has 0 aliphatic carbocycles. The first-order chi connectivity index (χ1) is 37.5. The van der Waals surface area contributed by atoms with Crippen LogP contribution in [0.5, 0.6) is 11.5 Å². The van der Waals surface area contributed by atoms with Gasteiger partial charge in [0.25, 0.3) is 13.4 Å². The molecule has 4 aliphatic heterocycles. The van der Waals surface area contributed by atoms with Crippen LogP contribution in [0.1, 0.15) is 16.7 Å². The summed E-state index contributed by atoms with van der Waals surface area (Å²) in [6.07, 6.45) is 0. The van der Waals surface area contributed by atoms with Crippen LogP contribution < -0.4 is 47.3 Å². The van der Waals surface area contributed by atoms with Gasteiger partial charge in [-0.1, -0.05) is 152 Å². The number of aromatic nitrogens is 2. The van der Waals surface area contributed by atoms with Crippen molar-refractivity contribution in [3.05, 3.63) is 241 Å². The molecule has 0 unspecified atom stereocenters. The highest BCUT2D eigenvalue weighted by Crippen LogP contribution is 2.52. The molecule has 0 amide bonds. The fourth-order valence-electron chi connectivity index (χ4n) is 14.2. The summed E-state index contributed by atoms with van der Waals surface area (Å²) < 4.78 is 12.9. The summed E-state index contributed by atoms with van der Waals surface area (Å²) in [5.41, 5.74) is 27.7. The van der Waals surface area contributed by atoms with Crippen molar-refractivity contribution < 1.29 is 4.74 Å². The van der Waals surface area contributed by atoms with E-state index in [1.165, 1.54) is 110 Å². The second-order valence-corrected chi connectivity index (χ2v) is 21.3. The van der Waals surface area contributed by atoms with E-state index in [1.807, 2.05) is 0 Å². The third-order valence-electron chi connectivity index (χ3n) is 17.1. The molecule has 0 spiro atoms. The van der Waals surface area contributed by atoms with Crippen LogP contribution in [0.3, 0.4) is 0 Å². The number of ether oxygens (including phenoxy) is 1. The maximum Gasteiger partial charge on any atom is 0.256 e. The van der Waals surface area contributed by atoms with Crippen LogP contribution >= 0.6 is 0 Å². The van der Waals surface area contributed by atoms with Crippen molar-refractivity contribution in [1.82, 2.24) is 9.13 Å². The molecule has 76 heavy (non-hydrogen) atoms. The second-order valence-electron chi connectivity index (χ2n) is 21.3. The molecule has 0 atom stereocenters. The number of rotatable bonds is 5. The zero-order chi connectivity index (χ0) is 50.1. The SMILES string of the molecule is Cc1ccc2c(c1)-n1c3ccccc3c3c(-c4ccccc4)cc4c(c31)B2c1cc2c(c(C)c1O4)N(c1ccccc1)c1cc(N(c3ccccc3)c3ccccc3)c3c4ccccc4n4c3c1B2c1ccc(C)cc1-4. The normalized spacial score (nSPS) is 13.2. The Kier molecular flexibility index (Phi) is 8.46. The van der Waals surface area contributed by atoms with E-state index in [0.717, 1.165) is 51.2 Å². The second kappa shape index (κ2) is 15.3. The first kappa shape index (κ1) is 42.0. The Morgan fingerprint density at radius 2 is 0.961 bits per heavy atom. The first-order valence-corrected chi connectivity index (χ1v) is 26.6. The Hall–Kier alpha value is -9.45. The third-order valence-corrected chi connectivity index (χ3v) is 17.1. The molecule has 354 valence electrons. The molecule has 5 nitrogen and oxygen atoms in total. The average Bonchev–Trinajstić information content (AvgIpc) is 4.20. The van der Waals surface area contributed by atoms with E-state index in [0.29, 0.717) is 0 Å². The summed E-state index contributed by atoms with van der Waals surface area (Å²) in [5.74, 6) is 1.85. The number of fused-ring (bicyclic) bond motifs is 16. The Morgan fingerprint density at radius 1 is 0.434 bits per heavy atom. The van der Waals surface area contributed by atoms with Gasteiger partial charge in [-0.15, -0.1) is 0 Å². The molecule has 0 saturated heterocycles. The lowest BCUT2D eigenvalue weighted by Gasteiger charge is -2.43. The topological polar surface area (TPSA) is 25.6 Å². The van der Waals surface area contributed by atoms with Gasteiger partial charge in [-0.2, -0.15) is 0 Å². The molecule has 4 aliphatic rings. The Bertz CT molecular complexity index is 4620. The van der Waals surface area contributed by atoms with E-state index in [2.05, 4.69) is 264 Å². The number of hydrogen-bond donors (Lipinski definition) is 0. The molecule has 0 radical (unpaired) electrons. The van der Waals surface area contributed by atoms with Gasteiger partial charge in [0.2, 0.25) is 0 Å². The number of para-hydroxylation sites is 5. The van der Waals surface area contributed by atoms with Gasteiger partial charge in [-0.25, -0.2) is 0 Å². The Morgan fingerprint density at radius 3 is 1.58 bits per heavy atom. The van der Waals surface area contributed by atoms with Gasteiger partial charge >= 0.3 is 0 Å². The Balaban J connectivity index is 1.03. The lowest BCUT2D eigenvalue weighted by atomic mass is 9.30. The van der Waals surface area contributed by atoms with Gasteiger partial charge in [0, 0.05) is 66.9 Å². The number of hydrogen-bond acceptors (Lipinski definition) is 3. The van der Waals surface area contributed by atoms with Crippen LogP contribution in [0.25, 0.3) is 66.1 Å². The van der Waals surface area contributed by atoms with E-state index >= 15 is 0 Å². The minimum Gasteiger partial charge on any atom is -0.458 e. The van der Waals surface area contributed by atoms with E-state index in [4.69, 9.17) is 4.74 Å². The van der Waals surface area contributed by atoms with Crippen LogP contribution in [0.15, 0.2) is 224 Å². The molecule has 6 heterocycles. The molecule has 2 aromatic heterocycles. The molecule has 7 heteroatoms. The highest BCUT2D eigenvalue weighted by Gasteiger charge is 2.48. The number of anilines is 6. The van der Waals surface area contributed by atoms with Gasteiger partial charge < -0.3 is 23.7 Å². The summed E-state index contributed by atoms with van der Waals surface area (Å²) in [7, 11) is 0. The van der Waals surface area contributed by atoms with Gasteiger partial charge in [0.05, 0.1) is 27.8 Å². The first-order valence-electron chi connectivity index (χ1n) is 26.6. The van der Waals surface area contributed by atoms with Gasteiger partial charge in [0.1, 0.15) is 11.5 Å². The van der Waals surface area contributed by atoms with Crippen molar-refractivity contribution in [2.75, 3.05) is 9.80 Å². The smallest absolute Gasteiger partial charge is 0.256 e. The lowest BCUT2D eigenvalue weighted by Crippen LogP contribution is -2.64. The number of aryl methyl sites for hydroxylation is 2. The zero-order valence-electron chi connectivity index (χ0n) is 42.2. The maximum absolute atomic E-state index is 7.71. The maximum atomic E-state index is 7.71. The fourth-order valence-corrected chi connectivity index (χ4v) is 14.2. The largest absolute Gasteiger partial charge is 0.458 e. The summed E-state index contributed by atoms with van der Waals surface area (Å²) >= 11 is 0. The van der Waals surface area contributed by atoms with Crippen molar-refractivity contribution in [2.45, 2.75) is 20.8 Å². The zero-order valence-corrected chi connectivity index (χ0v) is 42.2. The molecular formula is C69H46B2N4O. The number of nitrogens with zero attached hydrogens (tertiary/aromatic N) is 4. The molecule has 0 fully saturated rings. The lowest BCUT2D eigenvalue weighted by molar-refractivity contribution is 0.484. The summed E-state index contributed by atoms with van der Waals surface area (Å²) in [4.78, 5) is 5.04. The van der Waals surface area contributed by atoms with E-state index in [9.17, 15) is 0 Å². The van der Waals surface area contributed by atoms with Crippen molar-refractivity contribution in [1.29, 1.82) is 0 Å². The highest BCUT2D eigenvalue weighted by atomic mass is 16.5. The van der Waals surface area contributed by atoms with Crippen molar-refractivity contribution in [2.24, 2.45) is 0 Å².